The fourth-order valence-electron chi connectivity index (χ4n) is 7.52. The molecule has 2 saturated heterocycles. The zero-order valence-corrected chi connectivity index (χ0v) is 19.3. The zero-order valence-electron chi connectivity index (χ0n) is 17.7. The Balaban J connectivity index is 1.09. The number of urea groups is 1. The van der Waals surface area contributed by atoms with E-state index in [2.05, 4.69) is 5.32 Å². The predicted molar refractivity (Wildman–Crippen MR) is 119 cm³/mol. The fraction of sp³-hybridized carbons (Fsp3) is 0.696. The minimum absolute atomic E-state index is 0.00541. The smallest absolute Gasteiger partial charge is 0.317 e. The number of sulfonamides is 1. The van der Waals surface area contributed by atoms with E-state index in [-0.39, 0.29) is 17.3 Å². The number of nitrogens with zero attached hydrogens (tertiary/aromatic N) is 2. The van der Waals surface area contributed by atoms with Crippen molar-refractivity contribution in [2.45, 2.75) is 61.8 Å². The third-order valence-electron chi connectivity index (χ3n) is 8.58. The van der Waals surface area contributed by atoms with E-state index in [1.165, 1.54) is 19.3 Å². The molecule has 4 saturated carbocycles. The second-order valence-electron chi connectivity index (χ2n) is 10.9. The normalized spacial score (nSPS) is 35.6. The number of carbonyl (C=O) groups is 1. The number of nitrogens with one attached hydrogen (secondary N) is 1. The van der Waals surface area contributed by atoms with Crippen LogP contribution in [0.15, 0.2) is 24.3 Å². The van der Waals surface area contributed by atoms with Crippen LogP contribution in [0.25, 0.3) is 0 Å². The van der Waals surface area contributed by atoms with Crippen molar-refractivity contribution in [3.8, 4) is 0 Å². The summed E-state index contributed by atoms with van der Waals surface area (Å²) < 4.78 is 27.7. The van der Waals surface area contributed by atoms with Gasteiger partial charge >= 0.3 is 6.03 Å². The van der Waals surface area contributed by atoms with Gasteiger partial charge in [-0.2, -0.15) is 4.31 Å². The lowest BCUT2D eigenvalue weighted by molar-refractivity contribution is -0.0584. The van der Waals surface area contributed by atoms with E-state index in [1.54, 1.807) is 28.6 Å². The number of carbonyl (C=O) groups excluding carboxylic acids is 1. The molecule has 0 radical (unpaired) electrons. The highest BCUT2D eigenvalue weighted by Gasteiger charge is 2.60. The Labute approximate surface area is 189 Å². The minimum Gasteiger partial charge on any atom is -0.333 e. The Hall–Kier alpha value is -1.31. The molecule has 2 amide bonds. The van der Waals surface area contributed by atoms with Gasteiger partial charge in [0.1, 0.15) is 0 Å². The molecule has 2 aliphatic heterocycles. The summed E-state index contributed by atoms with van der Waals surface area (Å²) in [7, 11) is -3.42. The van der Waals surface area contributed by atoms with E-state index in [1.807, 2.05) is 4.90 Å². The summed E-state index contributed by atoms with van der Waals surface area (Å²) in [5.41, 5.74) is 0.334. The molecule has 0 aromatic heterocycles. The highest BCUT2D eigenvalue weighted by Crippen LogP contribution is 2.55. The van der Waals surface area contributed by atoms with Gasteiger partial charge in [0, 0.05) is 30.2 Å². The Kier molecular flexibility index (Phi) is 4.48. The molecule has 1 N–H and O–H groups in total. The van der Waals surface area contributed by atoms with Crippen molar-refractivity contribution in [3.05, 3.63) is 34.9 Å². The van der Waals surface area contributed by atoms with Crippen LogP contribution in [0.5, 0.6) is 0 Å². The number of hydrogen-bond acceptors (Lipinski definition) is 3. The molecule has 4 bridgehead atoms. The van der Waals surface area contributed by atoms with Gasteiger partial charge < -0.3 is 10.2 Å². The third-order valence-corrected chi connectivity index (χ3v) is 10.8. The largest absolute Gasteiger partial charge is 0.333 e. The molecule has 1 spiro atoms. The molecule has 168 valence electrons. The minimum atomic E-state index is -3.42. The lowest BCUT2D eigenvalue weighted by atomic mass is 9.53. The molecule has 1 aromatic rings. The highest BCUT2D eigenvalue weighted by molar-refractivity contribution is 7.88. The van der Waals surface area contributed by atoms with Crippen molar-refractivity contribution < 1.29 is 13.2 Å². The van der Waals surface area contributed by atoms with Gasteiger partial charge in [-0.05, 0) is 80.4 Å². The molecule has 2 heterocycles. The van der Waals surface area contributed by atoms with Crippen LogP contribution in [-0.4, -0.2) is 54.4 Å². The van der Waals surface area contributed by atoms with Gasteiger partial charge in [-0.3, -0.25) is 0 Å². The van der Waals surface area contributed by atoms with E-state index in [4.69, 9.17) is 11.6 Å². The molecule has 4 aliphatic carbocycles. The highest BCUT2D eigenvalue weighted by atomic mass is 35.5. The Morgan fingerprint density at radius 1 is 1.03 bits per heavy atom. The van der Waals surface area contributed by atoms with Gasteiger partial charge in [0.2, 0.25) is 10.0 Å². The van der Waals surface area contributed by atoms with E-state index in [0.29, 0.717) is 24.7 Å². The van der Waals surface area contributed by atoms with Crippen molar-refractivity contribution in [1.82, 2.24) is 14.5 Å². The van der Waals surface area contributed by atoms with Gasteiger partial charge in [0.25, 0.3) is 0 Å². The topological polar surface area (TPSA) is 69.7 Å². The van der Waals surface area contributed by atoms with Crippen LogP contribution in [0.1, 0.15) is 50.5 Å². The second-order valence-corrected chi connectivity index (χ2v) is 13.2. The van der Waals surface area contributed by atoms with Crippen LogP contribution in [0.3, 0.4) is 0 Å². The van der Waals surface area contributed by atoms with Gasteiger partial charge in [0.05, 0.1) is 11.3 Å². The van der Waals surface area contributed by atoms with Gasteiger partial charge in [-0.25, -0.2) is 13.2 Å². The molecule has 7 rings (SSSR count). The third kappa shape index (κ3) is 3.39. The van der Waals surface area contributed by atoms with Crippen LogP contribution in [0, 0.1) is 17.8 Å². The first-order valence-corrected chi connectivity index (χ1v) is 13.6. The second kappa shape index (κ2) is 6.84. The van der Waals surface area contributed by atoms with E-state index in [0.717, 1.165) is 49.0 Å². The summed E-state index contributed by atoms with van der Waals surface area (Å²) in [6, 6.07) is 6.97. The lowest BCUT2D eigenvalue weighted by Crippen LogP contribution is -2.79. The van der Waals surface area contributed by atoms with E-state index in [9.17, 15) is 13.2 Å². The summed E-state index contributed by atoms with van der Waals surface area (Å²) >= 11 is 5.92. The maximum atomic E-state index is 13.1. The lowest BCUT2D eigenvalue weighted by Gasteiger charge is -2.62. The van der Waals surface area contributed by atoms with E-state index < -0.39 is 15.6 Å². The van der Waals surface area contributed by atoms with Gasteiger partial charge in [0.15, 0.2) is 0 Å². The van der Waals surface area contributed by atoms with Crippen LogP contribution in [0.4, 0.5) is 4.79 Å². The van der Waals surface area contributed by atoms with Crippen molar-refractivity contribution in [2.75, 3.05) is 19.6 Å². The number of amides is 2. The average Bonchev–Trinajstić information content (AvgIpc) is 2.59. The van der Waals surface area contributed by atoms with Crippen molar-refractivity contribution >= 4 is 27.7 Å². The summed E-state index contributed by atoms with van der Waals surface area (Å²) in [6.07, 6.45) is 8.27. The fourth-order valence-corrected chi connectivity index (χ4v) is 9.58. The number of hydrogen-bond donors (Lipinski definition) is 1. The molecule has 0 unspecified atom stereocenters. The molecule has 6 fully saturated rings. The molecular formula is C23H30ClN3O3S. The molecule has 6 nitrogen and oxygen atoms in total. The Morgan fingerprint density at radius 3 is 2.13 bits per heavy atom. The molecular weight excluding hydrogens is 434 g/mol. The van der Waals surface area contributed by atoms with Crippen LogP contribution in [0.2, 0.25) is 5.02 Å². The zero-order chi connectivity index (χ0) is 21.4. The average molecular weight is 464 g/mol. The summed E-state index contributed by atoms with van der Waals surface area (Å²) in [5, 5.41) is 4.02. The quantitative estimate of drug-likeness (QED) is 0.741. The number of rotatable bonds is 4. The van der Waals surface area contributed by atoms with Crippen LogP contribution in [-0.2, 0) is 15.8 Å². The number of likely N-dealkylation sites (tertiary alicyclic amines) is 1. The van der Waals surface area contributed by atoms with E-state index >= 15 is 0 Å². The molecule has 8 heteroatoms. The van der Waals surface area contributed by atoms with Gasteiger partial charge in [-0.1, -0.05) is 23.7 Å². The molecule has 1 aromatic carbocycles. The summed E-state index contributed by atoms with van der Waals surface area (Å²) in [6.45, 7) is 1.55. The van der Waals surface area contributed by atoms with Crippen molar-refractivity contribution in [1.29, 1.82) is 0 Å². The van der Waals surface area contributed by atoms with Crippen LogP contribution < -0.4 is 5.32 Å². The van der Waals surface area contributed by atoms with Crippen molar-refractivity contribution in [2.24, 2.45) is 17.8 Å². The van der Waals surface area contributed by atoms with Crippen molar-refractivity contribution in [3.63, 3.8) is 0 Å². The Bertz CT molecular complexity index is 968. The first kappa shape index (κ1) is 20.3. The predicted octanol–water partition coefficient (Wildman–Crippen LogP) is 3.61. The van der Waals surface area contributed by atoms with Crippen LogP contribution >= 0.6 is 11.6 Å². The number of benzene rings is 1. The first-order chi connectivity index (χ1) is 14.7. The molecule has 31 heavy (non-hydrogen) atoms. The van der Waals surface area contributed by atoms with Gasteiger partial charge in [-0.15, -0.1) is 0 Å². The summed E-state index contributed by atoms with van der Waals surface area (Å²) in [4.78, 5) is 14.9. The molecule has 0 atom stereocenters. The first-order valence-electron chi connectivity index (χ1n) is 11.6. The SMILES string of the molecule is O=C(NC12CC3CC(CC(C3)C1)C2)N1CC2(CCN2S(=O)(=O)Cc2ccc(Cl)cc2)C1. The Morgan fingerprint density at radius 2 is 1.61 bits per heavy atom. The standard InChI is InChI=1S/C23H30ClN3O3S/c24-20-3-1-16(2-4-20)13-31(29,30)27-6-5-23(27)14-26(15-23)21(28)25-22-10-17-7-18(11-22)9-19(8-17)12-22/h1-4,17-19H,5-15H2,(H,25,28). The number of halogens is 1. The monoisotopic (exact) mass is 463 g/mol. The maximum Gasteiger partial charge on any atom is 0.317 e. The molecule has 6 aliphatic rings. The maximum absolute atomic E-state index is 13.1. The summed E-state index contributed by atoms with van der Waals surface area (Å²) in [5.74, 6) is 2.34.